The first-order valence-corrected chi connectivity index (χ1v) is 9.85. The van der Waals surface area contributed by atoms with Crippen molar-refractivity contribution in [3.05, 3.63) is 11.6 Å². The van der Waals surface area contributed by atoms with Crippen LogP contribution in [0.5, 0.6) is 0 Å². The third-order valence-electron chi connectivity index (χ3n) is 4.82. The average Bonchev–Trinajstić information content (AvgIpc) is 2.67. The Morgan fingerprint density at radius 3 is 2.69 bits per heavy atom. The van der Waals surface area contributed by atoms with Crippen LogP contribution in [-0.2, 0) is 9.53 Å². The van der Waals surface area contributed by atoms with Crippen molar-refractivity contribution in [1.29, 1.82) is 0 Å². The molecule has 0 spiro atoms. The summed E-state index contributed by atoms with van der Waals surface area (Å²) in [6.45, 7) is 6.37. The third kappa shape index (κ3) is 8.19. The molecule has 1 saturated heterocycles. The lowest BCUT2D eigenvalue weighted by Crippen LogP contribution is -2.45. The summed E-state index contributed by atoms with van der Waals surface area (Å²) >= 11 is 0. The highest BCUT2D eigenvalue weighted by Crippen LogP contribution is 2.19. The molecule has 1 aliphatic carbocycles. The van der Waals surface area contributed by atoms with Crippen LogP contribution in [0.1, 0.15) is 32.1 Å². The quantitative estimate of drug-likeness (QED) is 0.379. The molecule has 0 aromatic carbocycles. The number of guanidine groups is 1. The summed E-state index contributed by atoms with van der Waals surface area (Å²) < 4.78 is 5.38. The Labute approximate surface area is 157 Å². The fourth-order valence-electron chi connectivity index (χ4n) is 3.09. The van der Waals surface area contributed by atoms with Crippen molar-refractivity contribution >= 4 is 11.9 Å². The molecule has 0 atom stereocenters. The van der Waals surface area contributed by atoms with E-state index in [0.717, 1.165) is 58.3 Å². The number of ether oxygens (including phenoxy) is 1. The van der Waals surface area contributed by atoms with Gasteiger partial charge in [0.05, 0.1) is 13.2 Å². The number of allylic oxidation sites excluding steroid dienone is 1. The number of nitrogens with one attached hydrogen (secondary N) is 2. The van der Waals surface area contributed by atoms with Crippen molar-refractivity contribution in [3.8, 4) is 0 Å². The highest BCUT2D eigenvalue weighted by Gasteiger charge is 2.10. The van der Waals surface area contributed by atoms with Crippen LogP contribution in [0.3, 0.4) is 0 Å². The largest absolute Gasteiger partial charge is 0.379 e. The highest BCUT2D eigenvalue weighted by molar-refractivity contribution is 5.84. The maximum atomic E-state index is 11.8. The number of nitrogens with zero attached hydrogens (tertiary/aromatic N) is 3. The molecule has 7 nitrogen and oxygen atoms in total. The minimum atomic E-state index is 0.00858. The number of likely N-dealkylation sites (N-methyl/N-ethyl adjacent to an activating group) is 1. The van der Waals surface area contributed by atoms with Gasteiger partial charge in [-0.05, 0) is 32.1 Å². The maximum Gasteiger partial charge on any atom is 0.243 e. The molecule has 2 rings (SSSR count). The molecule has 0 saturated carbocycles. The van der Waals surface area contributed by atoms with E-state index in [4.69, 9.17) is 4.74 Å². The smallest absolute Gasteiger partial charge is 0.243 e. The zero-order valence-electron chi connectivity index (χ0n) is 16.4. The molecule has 2 aliphatic rings. The van der Waals surface area contributed by atoms with E-state index in [2.05, 4.69) is 26.6 Å². The lowest BCUT2D eigenvalue weighted by Gasteiger charge is -2.26. The van der Waals surface area contributed by atoms with Crippen LogP contribution in [0.4, 0.5) is 0 Å². The number of morpholine rings is 1. The summed E-state index contributed by atoms with van der Waals surface area (Å²) in [6.07, 6.45) is 8.49. The van der Waals surface area contributed by atoms with Crippen molar-refractivity contribution in [1.82, 2.24) is 20.4 Å². The van der Waals surface area contributed by atoms with Gasteiger partial charge >= 0.3 is 0 Å². The molecule has 0 radical (unpaired) electrons. The van der Waals surface area contributed by atoms with E-state index in [1.807, 2.05) is 0 Å². The van der Waals surface area contributed by atoms with Crippen LogP contribution in [0, 0.1) is 0 Å². The van der Waals surface area contributed by atoms with Gasteiger partial charge in [0, 0.05) is 46.8 Å². The van der Waals surface area contributed by atoms with E-state index in [0.29, 0.717) is 0 Å². The summed E-state index contributed by atoms with van der Waals surface area (Å²) in [5.74, 6) is 0.735. The number of carbonyl (C=O) groups is 1. The topological polar surface area (TPSA) is 69.2 Å². The Kier molecular flexibility index (Phi) is 9.48. The van der Waals surface area contributed by atoms with Crippen molar-refractivity contribution in [3.63, 3.8) is 0 Å². The SMILES string of the molecule is CN(C)C(=O)CN=C(NCCC1=CCCCC1)NCCN1CCOCC1. The first-order chi connectivity index (χ1) is 12.6. The monoisotopic (exact) mass is 365 g/mol. The molecule has 1 aliphatic heterocycles. The van der Waals surface area contributed by atoms with Gasteiger partial charge in [0.15, 0.2) is 5.96 Å². The molecule has 1 heterocycles. The van der Waals surface area contributed by atoms with E-state index in [1.54, 1.807) is 24.6 Å². The molecule has 0 aromatic rings. The van der Waals surface area contributed by atoms with Gasteiger partial charge in [-0.2, -0.15) is 0 Å². The Balaban J connectivity index is 1.76. The summed E-state index contributed by atoms with van der Waals surface area (Å²) in [4.78, 5) is 20.2. The zero-order valence-corrected chi connectivity index (χ0v) is 16.4. The van der Waals surface area contributed by atoms with E-state index in [9.17, 15) is 4.79 Å². The lowest BCUT2D eigenvalue weighted by molar-refractivity contribution is -0.127. The average molecular weight is 366 g/mol. The first-order valence-electron chi connectivity index (χ1n) is 9.85. The third-order valence-corrected chi connectivity index (χ3v) is 4.82. The molecular formula is C19H35N5O2. The normalized spacial score (nSPS) is 19.0. The molecule has 148 valence electrons. The van der Waals surface area contributed by atoms with Crippen molar-refractivity contribution in [2.45, 2.75) is 32.1 Å². The van der Waals surface area contributed by atoms with Crippen molar-refractivity contribution in [2.75, 3.05) is 66.6 Å². The van der Waals surface area contributed by atoms with E-state index < -0.39 is 0 Å². The molecule has 7 heteroatoms. The maximum absolute atomic E-state index is 11.8. The van der Waals surface area contributed by atoms with E-state index in [1.165, 1.54) is 25.7 Å². The molecular weight excluding hydrogens is 330 g/mol. The Hall–Kier alpha value is -1.60. The summed E-state index contributed by atoms with van der Waals surface area (Å²) in [5.41, 5.74) is 1.54. The summed E-state index contributed by atoms with van der Waals surface area (Å²) in [6, 6.07) is 0. The Bertz CT molecular complexity index is 484. The standard InChI is InChI=1S/C19H35N5O2/c1-23(2)18(25)16-22-19(20-9-8-17-6-4-3-5-7-17)21-10-11-24-12-14-26-15-13-24/h6H,3-5,7-16H2,1-2H3,(H2,20,21,22). The highest BCUT2D eigenvalue weighted by atomic mass is 16.5. The number of hydrogen-bond donors (Lipinski definition) is 2. The molecule has 0 aromatic heterocycles. The van der Waals surface area contributed by atoms with Gasteiger partial charge in [0.2, 0.25) is 5.91 Å². The molecule has 2 N–H and O–H groups in total. The summed E-state index contributed by atoms with van der Waals surface area (Å²) in [5, 5.41) is 6.75. The number of amides is 1. The Morgan fingerprint density at radius 2 is 2.00 bits per heavy atom. The molecule has 0 bridgehead atoms. The minimum absolute atomic E-state index is 0.00858. The fourth-order valence-corrected chi connectivity index (χ4v) is 3.09. The number of carbonyl (C=O) groups excluding carboxylic acids is 1. The molecule has 26 heavy (non-hydrogen) atoms. The number of hydrogen-bond acceptors (Lipinski definition) is 4. The van der Waals surface area contributed by atoms with Crippen molar-refractivity contribution in [2.24, 2.45) is 4.99 Å². The van der Waals surface area contributed by atoms with Crippen LogP contribution in [0.15, 0.2) is 16.6 Å². The fraction of sp³-hybridized carbons (Fsp3) is 0.789. The second kappa shape index (κ2) is 11.9. The van der Waals surface area contributed by atoms with E-state index >= 15 is 0 Å². The predicted octanol–water partition coefficient (Wildman–Crippen LogP) is 0.833. The lowest BCUT2D eigenvalue weighted by atomic mass is 9.97. The van der Waals surface area contributed by atoms with Crippen LogP contribution >= 0.6 is 0 Å². The van der Waals surface area contributed by atoms with Gasteiger partial charge in [-0.15, -0.1) is 0 Å². The molecule has 1 fully saturated rings. The van der Waals surface area contributed by atoms with Crippen molar-refractivity contribution < 1.29 is 9.53 Å². The minimum Gasteiger partial charge on any atom is -0.379 e. The van der Waals surface area contributed by atoms with Crippen LogP contribution < -0.4 is 10.6 Å². The van der Waals surface area contributed by atoms with Crippen LogP contribution in [0.25, 0.3) is 0 Å². The number of rotatable bonds is 8. The van der Waals surface area contributed by atoms with Gasteiger partial charge in [-0.25, -0.2) is 4.99 Å². The summed E-state index contributed by atoms with van der Waals surface area (Å²) in [7, 11) is 3.51. The number of aliphatic imine (C=N–C) groups is 1. The van der Waals surface area contributed by atoms with Gasteiger partial charge in [0.1, 0.15) is 6.54 Å². The second-order valence-corrected chi connectivity index (χ2v) is 7.12. The van der Waals surface area contributed by atoms with Crippen LogP contribution in [0.2, 0.25) is 0 Å². The zero-order chi connectivity index (χ0) is 18.6. The first kappa shape index (κ1) is 20.7. The Morgan fingerprint density at radius 1 is 1.23 bits per heavy atom. The second-order valence-electron chi connectivity index (χ2n) is 7.12. The van der Waals surface area contributed by atoms with Gasteiger partial charge in [-0.1, -0.05) is 11.6 Å². The van der Waals surface area contributed by atoms with Crippen LogP contribution in [-0.4, -0.2) is 88.2 Å². The molecule has 1 amide bonds. The van der Waals surface area contributed by atoms with Gasteiger partial charge in [0.25, 0.3) is 0 Å². The van der Waals surface area contributed by atoms with E-state index in [-0.39, 0.29) is 12.5 Å². The van der Waals surface area contributed by atoms with Gasteiger partial charge < -0.3 is 20.3 Å². The molecule has 0 unspecified atom stereocenters. The van der Waals surface area contributed by atoms with Gasteiger partial charge in [-0.3, -0.25) is 9.69 Å². The predicted molar refractivity (Wildman–Crippen MR) is 105 cm³/mol.